The minimum atomic E-state index is -0.108. The number of aryl methyl sites for hydroxylation is 2. The lowest BCUT2D eigenvalue weighted by atomic mass is 10.1. The molecule has 2 aromatic rings. The highest BCUT2D eigenvalue weighted by Crippen LogP contribution is 2.23. The molecule has 2 rings (SSSR count). The Labute approximate surface area is 105 Å². The molecule has 3 N–H and O–H groups in total. The molecular weight excluding hydrogens is 228 g/mol. The predicted molar refractivity (Wildman–Crippen MR) is 69.0 cm³/mol. The first-order valence-electron chi connectivity index (χ1n) is 5.49. The molecule has 0 radical (unpaired) electrons. The normalized spacial score (nSPS) is 10.1. The summed E-state index contributed by atoms with van der Waals surface area (Å²) in [6.07, 6.45) is 1.52. The van der Waals surface area contributed by atoms with Crippen LogP contribution in [0.25, 0.3) is 0 Å². The summed E-state index contributed by atoms with van der Waals surface area (Å²) in [5.41, 5.74) is 7.81. The van der Waals surface area contributed by atoms with Crippen molar-refractivity contribution in [1.29, 1.82) is 5.41 Å². The van der Waals surface area contributed by atoms with Gasteiger partial charge in [-0.1, -0.05) is 12.1 Å². The van der Waals surface area contributed by atoms with Crippen LogP contribution in [0.4, 0.5) is 0 Å². The molecule has 0 saturated carbocycles. The molecule has 0 atom stereocenters. The number of nitrogens with one attached hydrogen (secondary N) is 1. The van der Waals surface area contributed by atoms with Crippen molar-refractivity contribution in [2.75, 3.05) is 0 Å². The Hall–Kier alpha value is -2.43. The van der Waals surface area contributed by atoms with Gasteiger partial charge < -0.3 is 10.5 Å². The fourth-order valence-electron chi connectivity index (χ4n) is 1.46. The highest BCUT2D eigenvalue weighted by Gasteiger charge is 2.06. The zero-order valence-corrected chi connectivity index (χ0v) is 10.3. The van der Waals surface area contributed by atoms with Crippen LogP contribution in [0.5, 0.6) is 11.8 Å². The Morgan fingerprint density at radius 3 is 2.78 bits per heavy atom. The molecule has 0 aliphatic carbocycles. The molecule has 18 heavy (non-hydrogen) atoms. The first-order valence-corrected chi connectivity index (χ1v) is 5.49. The van der Waals surface area contributed by atoms with Crippen LogP contribution in [0.1, 0.15) is 16.8 Å². The van der Waals surface area contributed by atoms with Gasteiger partial charge in [-0.15, -0.1) is 0 Å². The number of nitrogens with zero attached hydrogens (tertiary/aromatic N) is 2. The standard InChI is InChI=1S/C13H14N4O/c1-8-3-4-9(2)11(7-8)18-13-16-6-5-10(17-13)12(14)15/h3-7H,1-2H3,(H3,14,15). The quantitative estimate of drug-likeness (QED) is 0.638. The Balaban J connectivity index is 2.31. The molecule has 0 spiro atoms. The molecular formula is C13H14N4O. The molecule has 5 nitrogen and oxygen atoms in total. The molecule has 0 saturated heterocycles. The Morgan fingerprint density at radius 1 is 1.28 bits per heavy atom. The molecule has 92 valence electrons. The van der Waals surface area contributed by atoms with E-state index in [1.54, 1.807) is 6.07 Å². The van der Waals surface area contributed by atoms with E-state index in [1.165, 1.54) is 6.20 Å². The molecule has 0 bridgehead atoms. The van der Waals surface area contributed by atoms with Crippen LogP contribution >= 0.6 is 0 Å². The van der Waals surface area contributed by atoms with Gasteiger partial charge in [-0.25, -0.2) is 4.98 Å². The van der Waals surface area contributed by atoms with Crippen LogP contribution in [0.15, 0.2) is 30.5 Å². The highest BCUT2D eigenvalue weighted by molar-refractivity contribution is 5.92. The second kappa shape index (κ2) is 4.83. The van der Waals surface area contributed by atoms with Crippen LogP contribution < -0.4 is 10.5 Å². The van der Waals surface area contributed by atoms with Gasteiger partial charge >= 0.3 is 6.01 Å². The molecule has 0 amide bonds. The number of ether oxygens (including phenoxy) is 1. The third-order valence-electron chi connectivity index (χ3n) is 2.45. The average molecular weight is 242 g/mol. The maximum absolute atomic E-state index is 7.32. The SMILES string of the molecule is Cc1ccc(C)c(Oc2nccc(C(=N)N)n2)c1. The van der Waals surface area contributed by atoms with Crippen molar-refractivity contribution in [3.05, 3.63) is 47.3 Å². The zero-order chi connectivity index (χ0) is 13.1. The van der Waals surface area contributed by atoms with E-state index >= 15 is 0 Å². The highest BCUT2D eigenvalue weighted by atomic mass is 16.5. The summed E-state index contributed by atoms with van der Waals surface area (Å²) in [4.78, 5) is 8.06. The summed E-state index contributed by atoms with van der Waals surface area (Å²) < 4.78 is 5.61. The number of benzene rings is 1. The lowest BCUT2D eigenvalue weighted by Gasteiger charge is -2.08. The summed E-state index contributed by atoms with van der Waals surface area (Å²) in [6.45, 7) is 3.93. The summed E-state index contributed by atoms with van der Waals surface area (Å²) >= 11 is 0. The minimum absolute atomic E-state index is 0.108. The lowest BCUT2D eigenvalue weighted by molar-refractivity contribution is 0.438. The van der Waals surface area contributed by atoms with Gasteiger partial charge in [0.25, 0.3) is 0 Å². The summed E-state index contributed by atoms with van der Waals surface area (Å²) in [6, 6.07) is 7.66. The van der Waals surface area contributed by atoms with E-state index in [-0.39, 0.29) is 11.8 Å². The third-order valence-corrected chi connectivity index (χ3v) is 2.45. The van der Waals surface area contributed by atoms with Crippen LogP contribution in [-0.2, 0) is 0 Å². The van der Waals surface area contributed by atoms with Crippen molar-refractivity contribution in [3.63, 3.8) is 0 Å². The van der Waals surface area contributed by atoms with Gasteiger partial charge in [-0.2, -0.15) is 4.98 Å². The average Bonchev–Trinajstić information content (AvgIpc) is 2.34. The second-order valence-electron chi connectivity index (χ2n) is 4.01. The second-order valence-corrected chi connectivity index (χ2v) is 4.01. The minimum Gasteiger partial charge on any atom is -0.424 e. The van der Waals surface area contributed by atoms with Gasteiger partial charge in [0.2, 0.25) is 0 Å². The van der Waals surface area contributed by atoms with Crippen molar-refractivity contribution < 1.29 is 4.74 Å². The molecule has 1 aromatic carbocycles. The van der Waals surface area contributed by atoms with Crippen molar-refractivity contribution in [3.8, 4) is 11.8 Å². The molecule has 0 aliphatic heterocycles. The summed E-state index contributed by atoms with van der Waals surface area (Å²) in [7, 11) is 0. The number of hydrogen-bond donors (Lipinski definition) is 2. The topological polar surface area (TPSA) is 84.9 Å². The fraction of sp³-hybridized carbons (Fsp3) is 0.154. The fourth-order valence-corrected chi connectivity index (χ4v) is 1.46. The lowest BCUT2D eigenvalue weighted by Crippen LogP contribution is -2.13. The van der Waals surface area contributed by atoms with Crippen LogP contribution in [0.3, 0.4) is 0 Å². The number of rotatable bonds is 3. The molecule has 0 fully saturated rings. The monoisotopic (exact) mass is 242 g/mol. The van der Waals surface area contributed by atoms with Gasteiger partial charge in [-0.05, 0) is 37.1 Å². The van der Waals surface area contributed by atoms with Crippen LogP contribution in [-0.4, -0.2) is 15.8 Å². The van der Waals surface area contributed by atoms with Gasteiger partial charge in [0, 0.05) is 6.20 Å². The van der Waals surface area contributed by atoms with Crippen LogP contribution in [0.2, 0.25) is 0 Å². The van der Waals surface area contributed by atoms with E-state index in [2.05, 4.69) is 9.97 Å². The molecule has 1 heterocycles. The maximum Gasteiger partial charge on any atom is 0.322 e. The van der Waals surface area contributed by atoms with Gasteiger partial charge in [0.1, 0.15) is 17.3 Å². The first-order chi connectivity index (χ1) is 8.56. The number of hydrogen-bond acceptors (Lipinski definition) is 4. The van der Waals surface area contributed by atoms with E-state index in [9.17, 15) is 0 Å². The summed E-state index contributed by atoms with van der Waals surface area (Å²) in [5.74, 6) is 0.596. The summed E-state index contributed by atoms with van der Waals surface area (Å²) in [5, 5.41) is 7.32. The number of aromatic nitrogens is 2. The van der Waals surface area contributed by atoms with Gasteiger partial charge in [0.15, 0.2) is 0 Å². The van der Waals surface area contributed by atoms with E-state index in [1.807, 2.05) is 32.0 Å². The maximum atomic E-state index is 7.32. The molecule has 0 aliphatic rings. The molecule has 0 unspecified atom stereocenters. The molecule has 1 aromatic heterocycles. The smallest absolute Gasteiger partial charge is 0.322 e. The van der Waals surface area contributed by atoms with E-state index < -0.39 is 0 Å². The Morgan fingerprint density at radius 2 is 2.06 bits per heavy atom. The number of nitrogen functional groups attached to an aromatic ring is 1. The Kier molecular flexibility index (Phi) is 3.23. The largest absolute Gasteiger partial charge is 0.424 e. The van der Waals surface area contributed by atoms with Crippen molar-refractivity contribution in [2.45, 2.75) is 13.8 Å². The van der Waals surface area contributed by atoms with Gasteiger partial charge in [0.05, 0.1) is 0 Å². The number of amidine groups is 1. The van der Waals surface area contributed by atoms with Gasteiger partial charge in [-0.3, -0.25) is 5.41 Å². The predicted octanol–water partition coefficient (Wildman–Crippen LogP) is 2.17. The van der Waals surface area contributed by atoms with Crippen LogP contribution in [0, 0.1) is 19.3 Å². The van der Waals surface area contributed by atoms with Crippen molar-refractivity contribution >= 4 is 5.84 Å². The molecule has 5 heteroatoms. The van der Waals surface area contributed by atoms with Crippen molar-refractivity contribution in [2.24, 2.45) is 5.73 Å². The van der Waals surface area contributed by atoms with E-state index in [4.69, 9.17) is 15.9 Å². The zero-order valence-electron chi connectivity index (χ0n) is 10.3. The third kappa shape index (κ3) is 2.63. The van der Waals surface area contributed by atoms with Crippen molar-refractivity contribution in [1.82, 2.24) is 9.97 Å². The van der Waals surface area contributed by atoms with E-state index in [0.29, 0.717) is 11.4 Å². The first kappa shape index (κ1) is 12.0. The van der Waals surface area contributed by atoms with E-state index in [0.717, 1.165) is 11.1 Å². The Bertz CT molecular complexity index is 595. The number of nitrogens with two attached hydrogens (primary N) is 1.